The van der Waals surface area contributed by atoms with E-state index in [9.17, 15) is 9.59 Å². The van der Waals surface area contributed by atoms with Gasteiger partial charge in [0.05, 0.1) is 26.9 Å². The molecule has 2 aliphatic rings. The zero-order chi connectivity index (χ0) is 23.3. The fraction of sp³-hybridized carbons (Fsp3) is 0.292. The molecular formula is C24H24N6O2S2. The molecule has 0 unspecified atom stereocenters. The molecule has 3 aromatic rings. The number of thiophene rings is 1. The predicted molar refractivity (Wildman–Crippen MR) is 135 cm³/mol. The minimum absolute atomic E-state index is 0.298. The first-order valence-electron chi connectivity index (χ1n) is 11.2. The van der Waals surface area contributed by atoms with Crippen molar-refractivity contribution in [3.05, 3.63) is 64.3 Å². The smallest absolute Gasteiger partial charge is 0.290 e. The minimum Gasteiger partial charge on any atom is -0.351 e. The van der Waals surface area contributed by atoms with E-state index in [1.165, 1.54) is 4.88 Å². The van der Waals surface area contributed by atoms with Crippen molar-refractivity contribution in [2.75, 3.05) is 5.32 Å². The third-order valence-corrected chi connectivity index (χ3v) is 7.51. The van der Waals surface area contributed by atoms with Crippen molar-refractivity contribution in [2.45, 2.75) is 44.3 Å². The molecule has 34 heavy (non-hydrogen) atoms. The van der Waals surface area contributed by atoms with Crippen LogP contribution in [0.25, 0.3) is 16.6 Å². The molecule has 0 bridgehead atoms. The second-order valence-corrected chi connectivity index (χ2v) is 10.2. The normalized spacial score (nSPS) is 21.6. The van der Waals surface area contributed by atoms with Gasteiger partial charge < -0.3 is 10.6 Å². The van der Waals surface area contributed by atoms with Crippen molar-refractivity contribution in [3.8, 4) is 10.6 Å². The lowest BCUT2D eigenvalue weighted by Gasteiger charge is -2.29. The Hall–Kier alpha value is -3.08. The number of hydrogen-bond donors (Lipinski definition) is 3. The van der Waals surface area contributed by atoms with Crippen molar-refractivity contribution in [1.29, 1.82) is 0 Å². The number of amides is 2. The number of thioether (sulfide) groups is 1. The number of carbonyl (C=O) groups excluding carboxylic acids is 2. The third-order valence-electron chi connectivity index (χ3n) is 5.81. The quantitative estimate of drug-likeness (QED) is 0.416. The lowest BCUT2D eigenvalue weighted by Crippen LogP contribution is -2.37. The molecule has 5 rings (SSSR count). The number of anilines is 1. The van der Waals surface area contributed by atoms with Crippen molar-refractivity contribution in [2.24, 2.45) is 0 Å². The lowest BCUT2D eigenvalue weighted by atomic mass is 9.91. The van der Waals surface area contributed by atoms with Gasteiger partial charge in [0.1, 0.15) is 0 Å². The van der Waals surface area contributed by atoms with Crippen LogP contribution >= 0.6 is 23.1 Å². The summed E-state index contributed by atoms with van der Waals surface area (Å²) in [6.45, 7) is 0.760. The van der Waals surface area contributed by atoms with Gasteiger partial charge >= 0.3 is 0 Å². The summed E-state index contributed by atoms with van der Waals surface area (Å²) in [7, 11) is 0. The minimum atomic E-state index is -0.387. The highest BCUT2D eigenvalue weighted by Crippen LogP contribution is 2.26. The van der Waals surface area contributed by atoms with Crippen LogP contribution < -0.4 is 16.0 Å². The number of imide groups is 1. The van der Waals surface area contributed by atoms with Gasteiger partial charge in [-0.05, 0) is 73.2 Å². The van der Waals surface area contributed by atoms with E-state index in [4.69, 9.17) is 4.98 Å². The van der Waals surface area contributed by atoms with Crippen LogP contribution in [0.4, 0.5) is 10.7 Å². The number of hydrogen-bond acceptors (Lipinski definition) is 9. The summed E-state index contributed by atoms with van der Waals surface area (Å²) >= 11 is 2.59. The van der Waals surface area contributed by atoms with Crippen molar-refractivity contribution in [1.82, 2.24) is 25.6 Å². The maximum atomic E-state index is 11.7. The molecule has 10 heteroatoms. The number of aromatic nitrogens is 3. The zero-order valence-electron chi connectivity index (χ0n) is 18.4. The molecule has 3 aromatic heterocycles. The average molecular weight is 493 g/mol. The Morgan fingerprint density at radius 2 is 1.88 bits per heavy atom. The van der Waals surface area contributed by atoms with Gasteiger partial charge in [0, 0.05) is 24.8 Å². The van der Waals surface area contributed by atoms with Gasteiger partial charge in [-0.2, -0.15) is 0 Å². The van der Waals surface area contributed by atoms with E-state index in [0.29, 0.717) is 28.6 Å². The third kappa shape index (κ3) is 5.69. The molecule has 1 aliphatic heterocycles. The molecule has 3 N–H and O–H groups in total. The van der Waals surface area contributed by atoms with Crippen LogP contribution in [0.1, 0.15) is 37.1 Å². The van der Waals surface area contributed by atoms with Gasteiger partial charge in [-0.3, -0.25) is 19.9 Å². The number of carbonyl (C=O) groups is 2. The van der Waals surface area contributed by atoms with Crippen LogP contribution in [0.5, 0.6) is 0 Å². The Bertz CT molecular complexity index is 1210. The topological polar surface area (TPSA) is 109 Å². The molecule has 2 amide bonds. The van der Waals surface area contributed by atoms with Crippen molar-refractivity contribution < 1.29 is 9.59 Å². The summed E-state index contributed by atoms with van der Waals surface area (Å²) in [5, 5.41) is 11.0. The Morgan fingerprint density at radius 1 is 1.03 bits per heavy atom. The highest BCUT2D eigenvalue weighted by atomic mass is 32.2. The zero-order valence-corrected chi connectivity index (χ0v) is 20.0. The molecule has 1 aliphatic carbocycles. The second-order valence-electron chi connectivity index (χ2n) is 8.22. The van der Waals surface area contributed by atoms with Crippen LogP contribution in [0, 0.1) is 0 Å². The van der Waals surface area contributed by atoms with E-state index in [1.54, 1.807) is 29.7 Å². The maximum absolute atomic E-state index is 11.7. The fourth-order valence-corrected chi connectivity index (χ4v) is 5.45. The van der Waals surface area contributed by atoms with Gasteiger partial charge in [0.15, 0.2) is 0 Å². The monoisotopic (exact) mass is 492 g/mol. The number of rotatable bonds is 7. The molecule has 8 nitrogen and oxygen atoms in total. The van der Waals surface area contributed by atoms with Gasteiger partial charge in [0.25, 0.3) is 11.1 Å². The molecule has 0 aromatic carbocycles. The highest BCUT2D eigenvalue weighted by molar-refractivity contribution is 8.18. The van der Waals surface area contributed by atoms with Crippen LogP contribution in [0.3, 0.4) is 0 Å². The Balaban J connectivity index is 1.11. The standard InChI is InChI=1S/C24H24N6O2S2/c31-22-21(34-24(32)30-22)13-17-10-11-25-23(29-17)28-16-8-6-15(7-9-16)26-14-18-3-1-4-19(27-18)20-5-2-12-33-20/h1-5,10-13,15-16,26H,6-9,14H2,(H,25,28,29)(H,30,31,32)/b21-13+. The van der Waals surface area contributed by atoms with Crippen LogP contribution in [-0.4, -0.2) is 38.2 Å². The molecule has 0 atom stereocenters. The first-order chi connectivity index (χ1) is 16.6. The summed E-state index contributed by atoms with van der Waals surface area (Å²) in [4.78, 5) is 38.2. The van der Waals surface area contributed by atoms with Crippen LogP contribution in [-0.2, 0) is 11.3 Å². The summed E-state index contributed by atoms with van der Waals surface area (Å²) in [6.07, 6.45) is 7.42. The molecule has 1 saturated heterocycles. The first kappa shape index (κ1) is 22.7. The first-order valence-corrected chi connectivity index (χ1v) is 12.9. The van der Waals surface area contributed by atoms with Crippen molar-refractivity contribution in [3.63, 3.8) is 0 Å². The SMILES string of the molecule is O=C1NC(=O)/C(=C\c2ccnc(NC3CCC(NCc4cccc(-c5cccs5)n4)CC3)n2)S1. The second kappa shape index (κ2) is 10.5. The van der Waals surface area contributed by atoms with E-state index in [-0.39, 0.29) is 11.1 Å². The fourth-order valence-electron chi connectivity index (χ4n) is 4.09. The highest BCUT2D eigenvalue weighted by Gasteiger charge is 2.25. The molecule has 2 fully saturated rings. The van der Waals surface area contributed by atoms with E-state index in [2.05, 4.69) is 55.6 Å². The molecule has 0 radical (unpaired) electrons. The Morgan fingerprint density at radius 3 is 2.65 bits per heavy atom. The number of nitrogens with one attached hydrogen (secondary N) is 3. The summed E-state index contributed by atoms with van der Waals surface area (Å²) in [5.41, 5.74) is 2.68. The lowest BCUT2D eigenvalue weighted by molar-refractivity contribution is -0.115. The van der Waals surface area contributed by atoms with Crippen LogP contribution in [0.15, 0.2) is 52.9 Å². The molecule has 4 heterocycles. The predicted octanol–water partition coefficient (Wildman–Crippen LogP) is 4.44. The van der Waals surface area contributed by atoms with Gasteiger partial charge in [-0.25, -0.2) is 9.97 Å². The van der Waals surface area contributed by atoms with E-state index in [0.717, 1.165) is 55.4 Å². The Kier molecular flexibility index (Phi) is 6.98. The molecule has 174 valence electrons. The molecule has 1 saturated carbocycles. The van der Waals surface area contributed by atoms with Gasteiger partial charge in [-0.15, -0.1) is 11.3 Å². The van der Waals surface area contributed by atoms with Gasteiger partial charge in [0.2, 0.25) is 5.95 Å². The molecular weight excluding hydrogens is 468 g/mol. The van der Waals surface area contributed by atoms with E-state index in [1.807, 2.05) is 6.07 Å². The summed E-state index contributed by atoms with van der Waals surface area (Å²) in [5.74, 6) is 0.150. The van der Waals surface area contributed by atoms with E-state index < -0.39 is 0 Å². The number of pyridine rings is 1. The van der Waals surface area contributed by atoms with Crippen molar-refractivity contribution >= 4 is 46.3 Å². The van der Waals surface area contributed by atoms with Crippen LogP contribution in [0.2, 0.25) is 0 Å². The maximum Gasteiger partial charge on any atom is 0.290 e. The number of nitrogens with zero attached hydrogens (tertiary/aromatic N) is 3. The largest absolute Gasteiger partial charge is 0.351 e. The average Bonchev–Trinajstić information content (AvgIpc) is 3.49. The summed E-state index contributed by atoms with van der Waals surface area (Å²) in [6, 6.07) is 12.8. The molecule has 0 spiro atoms. The van der Waals surface area contributed by atoms with Gasteiger partial charge in [-0.1, -0.05) is 12.1 Å². The Labute approximate surface area is 205 Å². The van der Waals surface area contributed by atoms with E-state index >= 15 is 0 Å². The summed E-state index contributed by atoms with van der Waals surface area (Å²) < 4.78 is 0.